The van der Waals surface area contributed by atoms with Gasteiger partial charge in [0.25, 0.3) is 0 Å². The van der Waals surface area contributed by atoms with Crippen LogP contribution in [0.5, 0.6) is 0 Å². The van der Waals surface area contributed by atoms with Gasteiger partial charge >= 0.3 is 0 Å². The van der Waals surface area contributed by atoms with Crippen LogP contribution in [0.25, 0.3) is 5.69 Å². The monoisotopic (exact) mass is 240 g/mol. The molecule has 1 atom stereocenters. The van der Waals surface area contributed by atoms with Crippen LogP contribution < -0.4 is 5.32 Å². The van der Waals surface area contributed by atoms with E-state index in [0.717, 1.165) is 24.3 Å². The van der Waals surface area contributed by atoms with Gasteiger partial charge in [0.15, 0.2) is 0 Å². The van der Waals surface area contributed by atoms with E-state index in [1.54, 1.807) is 11.0 Å². The molecule has 1 aromatic carbocycles. The highest BCUT2D eigenvalue weighted by Gasteiger charge is 2.11. The summed E-state index contributed by atoms with van der Waals surface area (Å²) < 4.78 is 0. The molecule has 0 aliphatic carbocycles. The molecule has 4 nitrogen and oxygen atoms in total. The normalized spacial score (nSPS) is 12.0. The second-order valence-electron chi connectivity index (χ2n) is 3.95. The van der Waals surface area contributed by atoms with E-state index in [2.05, 4.69) is 28.4 Å². The molecule has 0 spiro atoms. The highest BCUT2D eigenvalue weighted by atomic mass is 15.5. The number of aromatic nitrogens is 3. The fraction of sp³-hybridized carbons (Fsp3) is 0.286. The van der Waals surface area contributed by atoms with E-state index in [9.17, 15) is 0 Å². The Balaban J connectivity index is 2.17. The quantitative estimate of drug-likeness (QED) is 0.812. The number of benzene rings is 1. The summed E-state index contributed by atoms with van der Waals surface area (Å²) >= 11 is 0. The van der Waals surface area contributed by atoms with Crippen molar-refractivity contribution in [2.75, 3.05) is 6.54 Å². The number of nitrogens with zero attached hydrogens (tertiary/aromatic N) is 3. The first-order valence-electron chi connectivity index (χ1n) is 6.02. The molecule has 0 saturated carbocycles. The van der Waals surface area contributed by atoms with Crippen molar-refractivity contribution in [1.29, 1.82) is 0 Å². The molecule has 18 heavy (non-hydrogen) atoms. The molecule has 0 aliphatic rings. The summed E-state index contributed by atoms with van der Waals surface area (Å²) in [4.78, 5) is 1.59. The molecule has 1 unspecified atom stereocenters. The molecule has 1 heterocycles. The van der Waals surface area contributed by atoms with Crippen LogP contribution in [0, 0.1) is 12.3 Å². The van der Waals surface area contributed by atoms with Crippen LogP contribution in [0.3, 0.4) is 0 Å². The lowest BCUT2D eigenvalue weighted by molar-refractivity contribution is 0.605. The Morgan fingerprint density at radius 1 is 1.39 bits per heavy atom. The minimum absolute atomic E-state index is 0.178. The van der Waals surface area contributed by atoms with E-state index in [4.69, 9.17) is 6.42 Å². The van der Waals surface area contributed by atoms with Gasteiger partial charge in [0.1, 0.15) is 11.7 Å². The molecule has 0 amide bonds. The third-order valence-corrected chi connectivity index (χ3v) is 2.56. The van der Waals surface area contributed by atoms with Gasteiger partial charge in [-0.2, -0.15) is 15.0 Å². The molecule has 0 bridgehead atoms. The molecule has 0 fully saturated rings. The van der Waals surface area contributed by atoms with Crippen LogP contribution in [0.1, 0.15) is 25.1 Å². The van der Waals surface area contributed by atoms with Gasteiger partial charge in [0.2, 0.25) is 0 Å². The molecule has 0 saturated heterocycles. The largest absolute Gasteiger partial charge is 0.299 e. The van der Waals surface area contributed by atoms with Gasteiger partial charge in [-0.3, -0.25) is 5.32 Å². The van der Waals surface area contributed by atoms with E-state index >= 15 is 0 Å². The topological polar surface area (TPSA) is 42.7 Å². The zero-order chi connectivity index (χ0) is 12.8. The van der Waals surface area contributed by atoms with Crippen molar-refractivity contribution in [2.24, 2.45) is 0 Å². The average molecular weight is 240 g/mol. The molecule has 0 aliphatic heterocycles. The molecular formula is C14H16N4. The molecule has 2 aromatic rings. The Morgan fingerprint density at radius 2 is 2.17 bits per heavy atom. The Kier molecular flexibility index (Phi) is 4.11. The van der Waals surface area contributed by atoms with Crippen LogP contribution >= 0.6 is 0 Å². The molecule has 1 N–H and O–H groups in total. The van der Waals surface area contributed by atoms with E-state index in [0.29, 0.717) is 0 Å². The summed E-state index contributed by atoms with van der Waals surface area (Å²) in [7, 11) is 0. The van der Waals surface area contributed by atoms with Crippen LogP contribution in [0.2, 0.25) is 0 Å². The Morgan fingerprint density at radius 3 is 2.83 bits per heavy atom. The maximum absolute atomic E-state index is 5.50. The van der Waals surface area contributed by atoms with Crippen LogP contribution in [0.4, 0.5) is 0 Å². The van der Waals surface area contributed by atoms with Gasteiger partial charge in [0, 0.05) is 0 Å². The lowest BCUT2D eigenvalue weighted by atomic mass is 10.2. The fourth-order valence-electron chi connectivity index (χ4n) is 1.63. The van der Waals surface area contributed by atoms with Crippen LogP contribution in [0.15, 0.2) is 36.5 Å². The highest BCUT2D eigenvalue weighted by molar-refractivity contribution is 5.29. The minimum Gasteiger partial charge on any atom is -0.299 e. The van der Waals surface area contributed by atoms with Crippen molar-refractivity contribution in [1.82, 2.24) is 20.3 Å². The van der Waals surface area contributed by atoms with Gasteiger partial charge in [-0.1, -0.05) is 31.0 Å². The second-order valence-corrected chi connectivity index (χ2v) is 3.95. The van der Waals surface area contributed by atoms with E-state index in [1.807, 2.05) is 30.3 Å². The van der Waals surface area contributed by atoms with Crippen molar-refractivity contribution >= 4 is 0 Å². The van der Waals surface area contributed by atoms with Crippen LogP contribution in [-0.2, 0) is 0 Å². The summed E-state index contributed by atoms with van der Waals surface area (Å²) in [6, 6.07) is 9.59. The fourth-order valence-corrected chi connectivity index (χ4v) is 1.63. The zero-order valence-corrected chi connectivity index (χ0v) is 10.4. The van der Waals surface area contributed by atoms with Crippen molar-refractivity contribution in [3.8, 4) is 18.0 Å². The van der Waals surface area contributed by atoms with Crippen molar-refractivity contribution in [3.05, 3.63) is 42.2 Å². The van der Waals surface area contributed by atoms with Gasteiger partial charge in [-0.05, 0) is 25.1 Å². The zero-order valence-electron chi connectivity index (χ0n) is 10.4. The number of terminal acetylenes is 1. The summed E-state index contributed by atoms with van der Waals surface area (Å²) in [5, 5.41) is 11.9. The Hall–Kier alpha value is -2.12. The second kappa shape index (κ2) is 5.99. The molecule has 4 heteroatoms. The number of para-hydroxylation sites is 1. The smallest absolute Gasteiger partial charge is 0.115 e. The number of hydrogen-bond acceptors (Lipinski definition) is 3. The summed E-state index contributed by atoms with van der Waals surface area (Å²) in [6.45, 7) is 2.97. The van der Waals surface area contributed by atoms with Crippen molar-refractivity contribution in [3.63, 3.8) is 0 Å². The van der Waals surface area contributed by atoms with Crippen LogP contribution in [-0.4, -0.2) is 21.5 Å². The van der Waals surface area contributed by atoms with Crippen molar-refractivity contribution in [2.45, 2.75) is 19.4 Å². The average Bonchev–Trinajstić information content (AvgIpc) is 2.90. The van der Waals surface area contributed by atoms with Gasteiger partial charge in [-0.15, -0.1) is 6.42 Å². The molecule has 0 radical (unpaired) electrons. The maximum atomic E-state index is 5.50. The van der Waals surface area contributed by atoms with Gasteiger partial charge in [0.05, 0.1) is 11.9 Å². The highest BCUT2D eigenvalue weighted by Crippen LogP contribution is 2.10. The summed E-state index contributed by atoms with van der Waals surface area (Å²) in [5.74, 6) is 2.69. The minimum atomic E-state index is -0.178. The van der Waals surface area contributed by atoms with E-state index < -0.39 is 0 Å². The molecule has 1 aromatic heterocycles. The first-order valence-corrected chi connectivity index (χ1v) is 6.02. The third kappa shape index (κ3) is 2.76. The van der Waals surface area contributed by atoms with Crippen molar-refractivity contribution < 1.29 is 0 Å². The number of nitrogens with one attached hydrogen (secondary N) is 1. The predicted octanol–water partition coefficient (Wildman–Crippen LogP) is 1.94. The number of hydrogen-bond donors (Lipinski definition) is 1. The lowest BCUT2D eigenvalue weighted by Crippen LogP contribution is -2.21. The SMILES string of the molecule is C#CC(NCCC)c1cnn(-c2ccccc2)n1. The Bertz CT molecular complexity index is 524. The summed E-state index contributed by atoms with van der Waals surface area (Å²) in [5.41, 5.74) is 1.70. The maximum Gasteiger partial charge on any atom is 0.115 e. The molecule has 92 valence electrons. The van der Waals surface area contributed by atoms with Gasteiger partial charge in [-0.25, -0.2) is 0 Å². The van der Waals surface area contributed by atoms with Gasteiger partial charge < -0.3 is 0 Å². The Labute approximate surface area is 107 Å². The standard InChI is InChI=1S/C14H16N4/c1-3-10-15-13(4-2)14-11-16-18(17-14)12-8-6-5-7-9-12/h2,5-9,11,13,15H,3,10H2,1H3. The number of rotatable bonds is 5. The first-order chi connectivity index (χ1) is 8.85. The van der Waals surface area contributed by atoms with E-state index in [-0.39, 0.29) is 6.04 Å². The third-order valence-electron chi connectivity index (χ3n) is 2.56. The summed E-state index contributed by atoms with van der Waals surface area (Å²) in [6.07, 6.45) is 8.25. The first kappa shape index (κ1) is 12.3. The van der Waals surface area contributed by atoms with E-state index in [1.165, 1.54) is 0 Å². The molecular weight excluding hydrogens is 224 g/mol. The molecule has 2 rings (SSSR count). The lowest BCUT2D eigenvalue weighted by Gasteiger charge is -2.08. The predicted molar refractivity (Wildman–Crippen MR) is 71.2 cm³/mol.